The van der Waals surface area contributed by atoms with E-state index in [9.17, 15) is 0 Å². The summed E-state index contributed by atoms with van der Waals surface area (Å²) >= 11 is 0. The molecule has 2 aromatic rings. The number of nitriles is 1. The average molecular weight is 340 g/mol. The minimum absolute atomic E-state index is 0.520. The largest absolute Gasteiger partial charge is 0.494 e. The Labute approximate surface area is 149 Å². The first kappa shape index (κ1) is 18.6. The molecule has 5 nitrogen and oxygen atoms in total. The Balaban J connectivity index is 1.84. The molecule has 0 radical (unpaired) electrons. The molecule has 0 aliphatic heterocycles. The summed E-state index contributed by atoms with van der Waals surface area (Å²) in [5.74, 6) is 2.30. The second kappa shape index (κ2) is 10.2. The fraction of sp³-hybridized carbons (Fsp3) is 0.350. The van der Waals surface area contributed by atoms with Crippen molar-refractivity contribution in [2.75, 3.05) is 20.8 Å². The third kappa shape index (κ3) is 6.02. The van der Waals surface area contributed by atoms with Crippen molar-refractivity contribution in [3.63, 3.8) is 0 Å². The van der Waals surface area contributed by atoms with Crippen LogP contribution < -0.4 is 19.5 Å². The van der Waals surface area contributed by atoms with E-state index in [1.54, 1.807) is 14.2 Å². The number of unbranched alkanes of at least 4 members (excludes halogenated alkanes) is 1. The van der Waals surface area contributed by atoms with Gasteiger partial charge in [0.05, 0.1) is 26.9 Å². The van der Waals surface area contributed by atoms with Crippen LogP contribution in [0.2, 0.25) is 0 Å². The molecule has 0 saturated heterocycles. The van der Waals surface area contributed by atoms with Gasteiger partial charge in [-0.15, -0.1) is 0 Å². The van der Waals surface area contributed by atoms with Crippen LogP contribution in [0, 0.1) is 11.3 Å². The number of methoxy groups -OCH3 is 2. The molecule has 1 N–H and O–H groups in total. The second-order valence-electron chi connectivity index (χ2n) is 5.55. The topological polar surface area (TPSA) is 63.5 Å². The summed E-state index contributed by atoms with van der Waals surface area (Å²) in [5.41, 5.74) is 2.28. The molecule has 0 aliphatic rings. The predicted molar refractivity (Wildman–Crippen MR) is 96.9 cm³/mol. The molecule has 0 heterocycles. The molecule has 2 aromatic carbocycles. The van der Waals surface area contributed by atoms with E-state index in [1.165, 1.54) is 0 Å². The number of hydrogen-bond acceptors (Lipinski definition) is 5. The lowest BCUT2D eigenvalue weighted by atomic mass is 10.1. The summed E-state index contributed by atoms with van der Waals surface area (Å²) < 4.78 is 16.2. The minimum atomic E-state index is 0.520. The zero-order valence-corrected chi connectivity index (χ0v) is 14.7. The SMILES string of the molecule is COc1ccc(CNCc2cccc(OCCCC#N)c2)cc1OC. The van der Waals surface area contributed by atoms with Crippen LogP contribution in [0.15, 0.2) is 42.5 Å². The predicted octanol–water partition coefficient (Wildman–Crippen LogP) is 3.68. The Morgan fingerprint density at radius 3 is 2.44 bits per heavy atom. The van der Waals surface area contributed by atoms with Gasteiger partial charge in [-0.3, -0.25) is 0 Å². The molecule has 132 valence electrons. The fourth-order valence-corrected chi connectivity index (χ4v) is 2.43. The molecule has 0 aromatic heterocycles. The molecule has 25 heavy (non-hydrogen) atoms. The van der Waals surface area contributed by atoms with Gasteiger partial charge < -0.3 is 19.5 Å². The Bertz CT molecular complexity index is 710. The van der Waals surface area contributed by atoms with E-state index < -0.39 is 0 Å². The summed E-state index contributed by atoms with van der Waals surface area (Å²) in [6.45, 7) is 2.04. The Kier molecular flexibility index (Phi) is 7.61. The number of rotatable bonds is 10. The maximum atomic E-state index is 8.53. The summed E-state index contributed by atoms with van der Waals surface area (Å²) in [5, 5.41) is 11.9. The van der Waals surface area contributed by atoms with Crippen molar-refractivity contribution in [1.29, 1.82) is 5.26 Å². The maximum Gasteiger partial charge on any atom is 0.161 e. The molecule has 0 amide bonds. The highest BCUT2D eigenvalue weighted by molar-refractivity contribution is 5.42. The fourth-order valence-electron chi connectivity index (χ4n) is 2.43. The molecule has 0 spiro atoms. The summed E-state index contributed by atoms with van der Waals surface area (Å²) in [7, 11) is 3.27. The van der Waals surface area contributed by atoms with Gasteiger partial charge in [0, 0.05) is 19.5 Å². The van der Waals surface area contributed by atoms with Crippen LogP contribution in [0.3, 0.4) is 0 Å². The monoisotopic (exact) mass is 340 g/mol. The number of hydrogen-bond donors (Lipinski definition) is 1. The van der Waals surface area contributed by atoms with Crippen LogP contribution in [0.25, 0.3) is 0 Å². The number of ether oxygens (including phenoxy) is 3. The number of benzene rings is 2. The quantitative estimate of drug-likeness (QED) is 0.669. The highest BCUT2D eigenvalue weighted by atomic mass is 16.5. The second-order valence-corrected chi connectivity index (χ2v) is 5.55. The third-order valence-electron chi connectivity index (χ3n) is 3.71. The van der Waals surface area contributed by atoms with Gasteiger partial charge in [-0.05, 0) is 41.8 Å². The lowest BCUT2D eigenvalue weighted by molar-refractivity contribution is 0.312. The zero-order valence-electron chi connectivity index (χ0n) is 14.7. The first-order chi connectivity index (χ1) is 12.3. The van der Waals surface area contributed by atoms with E-state index in [2.05, 4.69) is 17.5 Å². The van der Waals surface area contributed by atoms with Gasteiger partial charge in [0.25, 0.3) is 0 Å². The van der Waals surface area contributed by atoms with E-state index in [-0.39, 0.29) is 0 Å². The smallest absolute Gasteiger partial charge is 0.161 e. The highest BCUT2D eigenvalue weighted by Gasteiger charge is 2.04. The molecule has 0 saturated carbocycles. The van der Waals surface area contributed by atoms with Gasteiger partial charge in [0.1, 0.15) is 5.75 Å². The van der Waals surface area contributed by atoms with Crippen molar-refractivity contribution in [1.82, 2.24) is 5.32 Å². The van der Waals surface area contributed by atoms with Gasteiger partial charge in [0.2, 0.25) is 0 Å². The molecular formula is C20H24N2O3. The van der Waals surface area contributed by atoms with Crippen molar-refractivity contribution in [3.8, 4) is 23.3 Å². The van der Waals surface area contributed by atoms with Crippen LogP contribution >= 0.6 is 0 Å². The molecule has 0 unspecified atom stereocenters. The molecule has 0 atom stereocenters. The van der Waals surface area contributed by atoms with Gasteiger partial charge in [-0.1, -0.05) is 18.2 Å². The molecule has 0 aliphatic carbocycles. The van der Waals surface area contributed by atoms with E-state index in [0.717, 1.165) is 47.9 Å². The van der Waals surface area contributed by atoms with Gasteiger partial charge in [-0.2, -0.15) is 5.26 Å². The first-order valence-electron chi connectivity index (χ1n) is 8.27. The van der Waals surface area contributed by atoms with Crippen molar-refractivity contribution in [3.05, 3.63) is 53.6 Å². The van der Waals surface area contributed by atoms with Crippen LogP contribution in [-0.2, 0) is 13.1 Å². The molecule has 0 bridgehead atoms. The molecular weight excluding hydrogens is 316 g/mol. The molecule has 2 rings (SSSR count). The Morgan fingerprint density at radius 1 is 0.960 bits per heavy atom. The first-order valence-corrected chi connectivity index (χ1v) is 8.27. The lowest BCUT2D eigenvalue weighted by Gasteiger charge is -2.11. The third-order valence-corrected chi connectivity index (χ3v) is 3.71. The van der Waals surface area contributed by atoms with Crippen LogP contribution in [-0.4, -0.2) is 20.8 Å². The van der Waals surface area contributed by atoms with Crippen molar-refractivity contribution in [2.24, 2.45) is 0 Å². The van der Waals surface area contributed by atoms with E-state index >= 15 is 0 Å². The lowest BCUT2D eigenvalue weighted by Crippen LogP contribution is -2.13. The van der Waals surface area contributed by atoms with Gasteiger partial charge in [-0.25, -0.2) is 0 Å². The van der Waals surface area contributed by atoms with E-state index in [0.29, 0.717) is 13.0 Å². The van der Waals surface area contributed by atoms with Gasteiger partial charge >= 0.3 is 0 Å². The summed E-state index contributed by atoms with van der Waals surface area (Å²) in [4.78, 5) is 0. The minimum Gasteiger partial charge on any atom is -0.494 e. The summed E-state index contributed by atoms with van der Waals surface area (Å²) in [6.07, 6.45) is 1.27. The molecule has 5 heteroatoms. The Hall–Kier alpha value is -2.71. The average Bonchev–Trinajstić information content (AvgIpc) is 2.65. The van der Waals surface area contributed by atoms with E-state index in [1.807, 2.05) is 36.4 Å². The standard InChI is InChI=1S/C20H24N2O3/c1-23-19-9-8-17(13-20(19)24-2)15-22-14-16-6-5-7-18(12-16)25-11-4-3-10-21/h5-9,12-13,22H,3-4,11,14-15H2,1-2H3. The normalized spacial score (nSPS) is 10.1. The van der Waals surface area contributed by atoms with Crippen molar-refractivity contribution in [2.45, 2.75) is 25.9 Å². The van der Waals surface area contributed by atoms with Crippen LogP contribution in [0.4, 0.5) is 0 Å². The Morgan fingerprint density at radius 2 is 1.72 bits per heavy atom. The van der Waals surface area contributed by atoms with Crippen LogP contribution in [0.1, 0.15) is 24.0 Å². The van der Waals surface area contributed by atoms with Gasteiger partial charge in [0.15, 0.2) is 11.5 Å². The maximum absolute atomic E-state index is 8.53. The number of nitrogens with one attached hydrogen (secondary N) is 1. The van der Waals surface area contributed by atoms with Crippen molar-refractivity contribution >= 4 is 0 Å². The highest BCUT2D eigenvalue weighted by Crippen LogP contribution is 2.27. The zero-order chi connectivity index (χ0) is 17.9. The molecule has 0 fully saturated rings. The number of nitrogens with zero attached hydrogens (tertiary/aromatic N) is 1. The summed E-state index contributed by atoms with van der Waals surface area (Å²) in [6, 6.07) is 16.0. The van der Waals surface area contributed by atoms with E-state index in [4.69, 9.17) is 19.5 Å². The van der Waals surface area contributed by atoms with Crippen molar-refractivity contribution < 1.29 is 14.2 Å². The van der Waals surface area contributed by atoms with Crippen LogP contribution in [0.5, 0.6) is 17.2 Å².